The van der Waals surface area contributed by atoms with Gasteiger partial charge in [-0.05, 0) is 50.2 Å². The lowest BCUT2D eigenvalue weighted by Crippen LogP contribution is -2.38. The quantitative estimate of drug-likeness (QED) is 0.878. The summed E-state index contributed by atoms with van der Waals surface area (Å²) < 4.78 is 11.0. The summed E-state index contributed by atoms with van der Waals surface area (Å²) in [4.78, 5) is 2.53. The van der Waals surface area contributed by atoms with E-state index in [9.17, 15) is 0 Å². The molecular formula is C16H22N2O2. The highest BCUT2D eigenvalue weighted by atomic mass is 16.3. The van der Waals surface area contributed by atoms with Crippen molar-refractivity contribution in [3.05, 3.63) is 48.3 Å². The van der Waals surface area contributed by atoms with Crippen LogP contribution in [0.25, 0.3) is 0 Å². The molecule has 0 bridgehead atoms. The Hall–Kier alpha value is -1.52. The lowest BCUT2D eigenvalue weighted by Gasteiger charge is -2.33. The Morgan fingerprint density at radius 2 is 1.85 bits per heavy atom. The molecule has 1 aliphatic rings. The second kappa shape index (κ2) is 6.77. The molecule has 1 atom stereocenters. The van der Waals surface area contributed by atoms with Gasteiger partial charge >= 0.3 is 0 Å². The number of nitrogens with zero attached hydrogens (tertiary/aromatic N) is 1. The highest BCUT2D eigenvalue weighted by molar-refractivity contribution is 5.06. The van der Waals surface area contributed by atoms with Crippen LogP contribution < -0.4 is 5.32 Å². The minimum Gasteiger partial charge on any atom is -0.468 e. The third-order valence-corrected chi connectivity index (χ3v) is 3.92. The number of hydrogen-bond donors (Lipinski definition) is 1. The zero-order valence-electron chi connectivity index (χ0n) is 11.8. The minimum absolute atomic E-state index is 0.320. The highest BCUT2D eigenvalue weighted by Gasteiger charge is 2.23. The third-order valence-electron chi connectivity index (χ3n) is 3.92. The van der Waals surface area contributed by atoms with Crippen molar-refractivity contribution in [2.24, 2.45) is 0 Å². The Balaban J connectivity index is 1.60. The molecule has 2 aromatic rings. The minimum atomic E-state index is 0.320. The molecule has 1 aliphatic heterocycles. The maximum Gasteiger partial charge on any atom is 0.122 e. The van der Waals surface area contributed by atoms with E-state index >= 15 is 0 Å². The molecule has 2 aromatic heterocycles. The van der Waals surface area contributed by atoms with Gasteiger partial charge in [-0.15, -0.1) is 0 Å². The number of nitrogens with one attached hydrogen (secondary N) is 1. The molecule has 3 heterocycles. The van der Waals surface area contributed by atoms with Gasteiger partial charge in [0.15, 0.2) is 0 Å². The molecule has 3 rings (SSSR count). The van der Waals surface area contributed by atoms with Crippen LogP contribution in [0.4, 0.5) is 0 Å². The molecule has 1 unspecified atom stereocenters. The van der Waals surface area contributed by atoms with Crippen LogP contribution in [-0.4, -0.2) is 24.5 Å². The molecule has 0 aliphatic carbocycles. The normalized spacial score (nSPS) is 18.2. The molecule has 1 saturated heterocycles. The van der Waals surface area contributed by atoms with E-state index in [4.69, 9.17) is 8.83 Å². The summed E-state index contributed by atoms with van der Waals surface area (Å²) in [6, 6.07) is 8.29. The van der Waals surface area contributed by atoms with E-state index in [1.807, 2.05) is 18.2 Å². The van der Waals surface area contributed by atoms with Crippen molar-refractivity contribution < 1.29 is 8.83 Å². The van der Waals surface area contributed by atoms with Crippen molar-refractivity contribution in [3.63, 3.8) is 0 Å². The van der Waals surface area contributed by atoms with Gasteiger partial charge < -0.3 is 14.2 Å². The number of hydrogen-bond acceptors (Lipinski definition) is 4. The fourth-order valence-corrected chi connectivity index (χ4v) is 2.87. The monoisotopic (exact) mass is 274 g/mol. The second-order valence-corrected chi connectivity index (χ2v) is 5.34. The first-order valence-corrected chi connectivity index (χ1v) is 7.44. The summed E-state index contributed by atoms with van der Waals surface area (Å²) in [7, 11) is 0. The van der Waals surface area contributed by atoms with Crippen LogP contribution >= 0.6 is 0 Å². The standard InChI is InChI=1S/C16H22N2O2/c1-2-8-18(9-3-1)15(16-7-5-11-20-16)13-17-12-14-6-4-10-19-14/h4-7,10-11,15,17H,1-3,8-9,12-13H2. The van der Waals surface area contributed by atoms with E-state index in [-0.39, 0.29) is 0 Å². The van der Waals surface area contributed by atoms with Crippen molar-refractivity contribution in [2.75, 3.05) is 19.6 Å². The molecule has 0 radical (unpaired) electrons. The number of furan rings is 2. The third kappa shape index (κ3) is 3.32. The molecule has 0 aromatic carbocycles. The molecule has 20 heavy (non-hydrogen) atoms. The summed E-state index contributed by atoms with van der Waals surface area (Å²) in [5.41, 5.74) is 0. The van der Waals surface area contributed by atoms with Crippen LogP contribution in [0.3, 0.4) is 0 Å². The zero-order valence-corrected chi connectivity index (χ0v) is 11.8. The van der Waals surface area contributed by atoms with E-state index in [0.29, 0.717) is 6.04 Å². The summed E-state index contributed by atoms with van der Waals surface area (Å²) in [6.45, 7) is 3.97. The summed E-state index contributed by atoms with van der Waals surface area (Å²) in [5, 5.41) is 3.48. The summed E-state index contributed by atoms with van der Waals surface area (Å²) in [5.74, 6) is 2.03. The van der Waals surface area contributed by atoms with Crippen molar-refractivity contribution in [1.29, 1.82) is 0 Å². The summed E-state index contributed by atoms with van der Waals surface area (Å²) in [6.07, 6.45) is 7.40. The lowest BCUT2D eigenvalue weighted by atomic mass is 10.1. The van der Waals surface area contributed by atoms with E-state index in [1.54, 1.807) is 12.5 Å². The highest BCUT2D eigenvalue weighted by Crippen LogP contribution is 2.24. The Morgan fingerprint density at radius 1 is 1.05 bits per heavy atom. The van der Waals surface area contributed by atoms with Crippen molar-refractivity contribution in [1.82, 2.24) is 10.2 Å². The van der Waals surface area contributed by atoms with Crippen LogP contribution in [0.1, 0.15) is 36.8 Å². The number of rotatable bonds is 6. The van der Waals surface area contributed by atoms with Gasteiger partial charge in [0.2, 0.25) is 0 Å². The SMILES string of the molecule is c1coc(CNCC(c2ccco2)N2CCCCC2)c1. The maximum atomic E-state index is 5.63. The van der Waals surface area contributed by atoms with Crippen LogP contribution in [0, 0.1) is 0 Å². The maximum absolute atomic E-state index is 5.63. The topological polar surface area (TPSA) is 41.6 Å². The predicted molar refractivity (Wildman–Crippen MR) is 77.3 cm³/mol. The van der Waals surface area contributed by atoms with E-state index < -0.39 is 0 Å². The molecular weight excluding hydrogens is 252 g/mol. The van der Waals surface area contributed by atoms with Gasteiger partial charge in [0.1, 0.15) is 11.5 Å². The van der Waals surface area contributed by atoms with E-state index in [1.165, 1.54) is 19.3 Å². The fraction of sp³-hybridized carbons (Fsp3) is 0.500. The molecule has 0 spiro atoms. The number of piperidine rings is 1. The van der Waals surface area contributed by atoms with Crippen LogP contribution in [0.5, 0.6) is 0 Å². The van der Waals surface area contributed by atoms with Gasteiger partial charge in [-0.25, -0.2) is 0 Å². The van der Waals surface area contributed by atoms with Crippen LogP contribution in [0.2, 0.25) is 0 Å². The predicted octanol–water partition coefficient (Wildman–Crippen LogP) is 3.19. The smallest absolute Gasteiger partial charge is 0.122 e. The van der Waals surface area contributed by atoms with Crippen LogP contribution in [0.15, 0.2) is 45.6 Å². The van der Waals surface area contributed by atoms with Crippen molar-refractivity contribution >= 4 is 0 Å². The molecule has 108 valence electrons. The van der Waals surface area contributed by atoms with Gasteiger partial charge in [-0.1, -0.05) is 6.42 Å². The molecule has 0 amide bonds. The molecule has 1 N–H and O–H groups in total. The van der Waals surface area contributed by atoms with Gasteiger partial charge in [-0.2, -0.15) is 0 Å². The van der Waals surface area contributed by atoms with Crippen LogP contribution in [-0.2, 0) is 6.54 Å². The first kappa shape index (κ1) is 13.5. The average molecular weight is 274 g/mol. The molecule has 0 saturated carbocycles. The zero-order chi connectivity index (χ0) is 13.6. The molecule has 4 nitrogen and oxygen atoms in total. The summed E-state index contributed by atoms with van der Waals surface area (Å²) >= 11 is 0. The van der Waals surface area contributed by atoms with Crippen molar-refractivity contribution in [2.45, 2.75) is 31.8 Å². The van der Waals surface area contributed by atoms with Gasteiger partial charge in [0.25, 0.3) is 0 Å². The van der Waals surface area contributed by atoms with Gasteiger partial charge in [0.05, 0.1) is 25.1 Å². The molecule has 4 heteroatoms. The number of likely N-dealkylation sites (tertiary alicyclic amines) is 1. The van der Waals surface area contributed by atoms with Crippen molar-refractivity contribution in [3.8, 4) is 0 Å². The Morgan fingerprint density at radius 3 is 2.55 bits per heavy atom. The fourth-order valence-electron chi connectivity index (χ4n) is 2.87. The van der Waals surface area contributed by atoms with Gasteiger partial charge in [0, 0.05) is 6.54 Å². The molecule has 1 fully saturated rings. The first-order chi connectivity index (χ1) is 9.93. The first-order valence-electron chi connectivity index (χ1n) is 7.44. The Kier molecular flexibility index (Phi) is 4.56. The largest absolute Gasteiger partial charge is 0.468 e. The average Bonchev–Trinajstić information content (AvgIpc) is 3.18. The van der Waals surface area contributed by atoms with E-state index in [0.717, 1.165) is 37.7 Å². The van der Waals surface area contributed by atoms with E-state index in [2.05, 4.69) is 16.3 Å². The van der Waals surface area contributed by atoms with Gasteiger partial charge in [-0.3, -0.25) is 4.90 Å². The Bertz CT molecular complexity index is 473. The second-order valence-electron chi connectivity index (χ2n) is 5.34. The lowest BCUT2D eigenvalue weighted by molar-refractivity contribution is 0.142. The Labute approximate surface area is 119 Å².